The maximum atomic E-state index is 13.0. The van der Waals surface area contributed by atoms with Crippen molar-refractivity contribution in [3.05, 3.63) is 65.6 Å². The summed E-state index contributed by atoms with van der Waals surface area (Å²) in [5.41, 5.74) is 3.56. The van der Waals surface area contributed by atoms with Gasteiger partial charge in [-0.1, -0.05) is 6.07 Å². The van der Waals surface area contributed by atoms with Crippen LogP contribution in [0.4, 0.5) is 0 Å². The lowest BCUT2D eigenvalue weighted by Gasteiger charge is -2.37. The summed E-state index contributed by atoms with van der Waals surface area (Å²) >= 11 is 0. The zero-order valence-electron chi connectivity index (χ0n) is 20.5. The van der Waals surface area contributed by atoms with E-state index in [1.165, 1.54) is 5.56 Å². The van der Waals surface area contributed by atoms with Crippen LogP contribution in [0, 0.1) is 12.8 Å². The molecule has 0 aliphatic carbocycles. The van der Waals surface area contributed by atoms with Crippen molar-refractivity contribution >= 4 is 17.5 Å². The van der Waals surface area contributed by atoms with Crippen molar-refractivity contribution in [2.75, 3.05) is 46.3 Å². The summed E-state index contributed by atoms with van der Waals surface area (Å²) in [6.45, 7) is 7.13. The minimum absolute atomic E-state index is 0.0118. The van der Waals surface area contributed by atoms with E-state index < -0.39 is 0 Å². The number of hydrogen-bond acceptors (Lipinski definition) is 5. The van der Waals surface area contributed by atoms with Gasteiger partial charge < -0.3 is 23.8 Å². The first-order chi connectivity index (χ1) is 17.0. The number of amides is 2. The van der Waals surface area contributed by atoms with E-state index in [4.69, 9.17) is 4.74 Å². The number of fused-ring (bicyclic) bond motifs is 1. The summed E-state index contributed by atoms with van der Waals surface area (Å²) in [5.74, 6) is 0.998. The molecule has 2 aliphatic heterocycles. The molecule has 5 rings (SSSR count). The van der Waals surface area contributed by atoms with Crippen molar-refractivity contribution in [3.8, 4) is 5.75 Å². The molecule has 8 nitrogen and oxygen atoms in total. The van der Waals surface area contributed by atoms with Gasteiger partial charge in [0.1, 0.15) is 18.0 Å². The van der Waals surface area contributed by atoms with E-state index in [0.717, 1.165) is 50.4 Å². The van der Waals surface area contributed by atoms with Crippen molar-refractivity contribution in [1.29, 1.82) is 0 Å². The quantitative estimate of drug-likeness (QED) is 0.568. The normalized spacial score (nSPS) is 17.7. The monoisotopic (exact) mass is 475 g/mol. The predicted octanol–water partition coefficient (Wildman–Crippen LogP) is 2.85. The number of benzene rings is 1. The molecule has 2 aromatic heterocycles. The number of carbonyl (C=O) groups excluding carboxylic acids is 2. The lowest BCUT2D eigenvalue weighted by atomic mass is 9.94. The van der Waals surface area contributed by atoms with Crippen LogP contribution in [0.25, 0.3) is 5.65 Å². The maximum Gasteiger partial charge on any atom is 0.253 e. The Morgan fingerprint density at radius 1 is 0.914 bits per heavy atom. The number of likely N-dealkylation sites (N-methyl/N-ethyl adjacent to an activating group) is 1. The van der Waals surface area contributed by atoms with Crippen LogP contribution in [-0.2, 0) is 11.4 Å². The number of carbonyl (C=O) groups is 2. The van der Waals surface area contributed by atoms with E-state index in [0.29, 0.717) is 31.0 Å². The standard InChI is InChI=1S/C27H33N5O3/c1-20-3-8-25-28-23(18-32(25)17-20)19-35-24-6-4-21(5-7-24)26(33)30-11-9-22(10-12-30)27(34)31-15-13-29(2)14-16-31/h3-8,17-18,22H,9-16,19H2,1-2H3. The van der Waals surface area contributed by atoms with Crippen molar-refractivity contribution in [2.45, 2.75) is 26.4 Å². The van der Waals surface area contributed by atoms with Gasteiger partial charge in [0, 0.05) is 63.1 Å². The third-order valence-electron chi connectivity index (χ3n) is 7.08. The first-order valence-corrected chi connectivity index (χ1v) is 12.4. The van der Waals surface area contributed by atoms with Crippen LogP contribution in [0.15, 0.2) is 48.8 Å². The molecule has 3 aromatic rings. The number of ether oxygens (including phenoxy) is 1. The number of imidazole rings is 1. The van der Waals surface area contributed by atoms with Crippen molar-refractivity contribution in [3.63, 3.8) is 0 Å². The zero-order valence-corrected chi connectivity index (χ0v) is 20.5. The van der Waals surface area contributed by atoms with E-state index in [2.05, 4.69) is 23.9 Å². The Morgan fingerprint density at radius 2 is 1.63 bits per heavy atom. The summed E-state index contributed by atoms with van der Waals surface area (Å²) in [5, 5.41) is 0. The molecule has 0 saturated carbocycles. The number of piperazine rings is 1. The van der Waals surface area contributed by atoms with Crippen LogP contribution < -0.4 is 4.74 Å². The number of aromatic nitrogens is 2. The van der Waals surface area contributed by atoms with Gasteiger partial charge in [0.25, 0.3) is 5.91 Å². The van der Waals surface area contributed by atoms with Crippen LogP contribution >= 0.6 is 0 Å². The fourth-order valence-corrected chi connectivity index (χ4v) is 4.87. The lowest BCUT2D eigenvalue weighted by molar-refractivity contribution is -0.138. The molecule has 8 heteroatoms. The van der Waals surface area contributed by atoms with Gasteiger partial charge in [-0.3, -0.25) is 9.59 Å². The summed E-state index contributed by atoms with van der Waals surface area (Å²) in [6, 6.07) is 11.3. The molecule has 1 aromatic carbocycles. The number of rotatable bonds is 5. The molecule has 2 fully saturated rings. The molecule has 4 heterocycles. The minimum atomic E-state index is 0.0118. The molecule has 0 N–H and O–H groups in total. The fraction of sp³-hybridized carbons (Fsp3) is 0.444. The highest BCUT2D eigenvalue weighted by molar-refractivity contribution is 5.94. The molecule has 0 unspecified atom stereocenters. The maximum absolute atomic E-state index is 13.0. The Labute approximate surface area is 206 Å². The molecule has 184 valence electrons. The van der Waals surface area contributed by atoms with Gasteiger partial charge in [-0.2, -0.15) is 0 Å². The molecular formula is C27H33N5O3. The highest BCUT2D eigenvalue weighted by atomic mass is 16.5. The SMILES string of the molecule is Cc1ccc2nc(COc3ccc(C(=O)N4CCC(C(=O)N5CCN(C)CC5)CC4)cc3)cn2c1. The van der Waals surface area contributed by atoms with E-state index in [9.17, 15) is 9.59 Å². The molecule has 2 aliphatic rings. The number of aryl methyl sites for hydroxylation is 1. The Balaban J connectivity index is 1.12. The molecular weight excluding hydrogens is 442 g/mol. The fourth-order valence-electron chi connectivity index (χ4n) is 4.87. The number of pyridine rings is 1. The van der Waals surface area contributed by atoms with Crippen LogP contribution in [0.3, 0.4) is 0 Å². The summed E-state index contributed by atoms with van der Waals surface area (Å²) in [6.07, 6.45) is 5.48. The first kappa shape index (κ1) is 23.4. The third-order valence-corrected chi connectivity index (χ3v) is 7.08. The van der Waals surface area contributed by atoms with Gasteiger partial charge in [-0.05, 0) is 62.7 Å². The Hall–Kier alpha value is -3.39. The Bertz CT molecular complexity index is 1190. The van der Waals surface area contributed by atoms with E-state index >= 15 is 0 Å². The minimum Gasteiger partial charge on any atom is -0.487 e. The van der Waals surface area contributed by atoms with E-state index in [1.807, 2.05) is 63.0 Å². The second-order valence-corrected chi connectivity index (χ2v) is 9.71. The van der Waals surface area contributed by atoms with Gasteiger partial charge >= 0.3 is 0 Å². The largest absolute Gasteiger partial charge is 0.487 e. The number of hydrogen-bond donors (Lipinski definition) is 0. The molecule has 0 bridgehead atoms. The summed E-state index contributed by atoms with van der Waals surface area (Å²) < 4.78 is 7.89. The van der Waals surface area contributed by atoms with Gasteiger partial charge in [0.2, 0.25) is 5.91 Å². The average Bonchev–Trinajstić information content (AvgIpc) is 3.29. The predicted molar refractivity (Wildman–Crippen MR) is 133 cm³/mol. The second-order valence-electron chi connectivity index (χ2n) is 9.71. The van der Waals surface area contributed by atoms with Crippen LogP contribution in [-0.4, -0.2) is 82.2 Å². The van der Waals surface area contributed by atoms with Crippen LogP contribution in [0.1, 0.15) is 34.5 Å². The number of piperidine rings is 1. The van der Waals surface area contributed by atoms with Crippen molar-refractivity contribution in [1.82, 2.24) is 24.1 Å². The molecule has 35 heavy (non-hydrogen) atoms. The number of likely N-dealkylation sites (tertiary alicyclic amines) is 1. The summed E-state index contributed by atoms with van der Waals surface area (Å²) in [4.78, 5) is 36.5. The molecule has 2 amide bonds. The molecule has 0 radical (unpaired) electrons. The van der Waals surface area contributed by atoms with Gasteiger partial charge in [-0.25, -0.2) is 4.98 Å². The molecule has 2 saturated heterocycles. The third kappa shape index (κ3) is 5.32. The first-order valence-electron chi connectivity index (χ1n) is 12.4. The Morgan fingerprint density at radius 3 is 2.34 bits per heavy atom. The molecule has 0 spiro atoms. The smallest absolute Gasteiger partial charge is 0.253 e. The van der Waals surface area contributed by atoms with Crippen molar-refractivity contribution in [2.24, 2.45) is 5.92 Å². The van der Waals surface area contributed by atoms with Gasteiger partial charge in [0.05, 0.1) is 5.69 Å². The van der Waals surface area contributed by atoms with Crippen LogP contribution in [0.5, 0.6) is 5.75 Å². The highest BCUT2D eigenvalue weighted by Gasteiger charge is 2.31. The number of nitrogens with zero attached hydrogens (tertiary/aromatic N) is 5. The summed E-state index contributed by atoms with van der Waals surface area (Å²) in [7, 11) is 2.09. The zero-order chi connectivity index (χ0) is 24.4. The second kappa shape index (κ2) is 10.1. The highest BCUT2D eigenvalue weighted by Crippen LogP contribution is 2.23. The molecule has 0 atom stereocenters. The Kier molecular flexibility index (Phi) is 6.72. The van der Waals surface area contributed by atoms with Gasteiger partial charge in [0.15, 0.2) is 0 Å². The van der Waals surface area contributed by atoms with Crippen LogP contribution in [0.2, 0.25) is 0 Å². The van der Waals surface area contributed by atoms with Crippen molar-refractivity contribution < 1.29 is 14.3 Å². The van der Waals surface area contributed by atoms with E-state index in [-0.39, 0.29) is 17.7 Å². The average molecular weight is 476 g/mol. The van der Waals surface area contributed by atoms with E-state index in [1.54, 1.807) is 0 Å². The lowest BCUT2D eigenvalue weighted by Crippen LogP contribution is -2.51. The van der Waals surface area contributed by atoms with Gasteiger partial charge in [-0.15, -0.1) is 0 Å². The topological polar surface area (TPSA) is 70.4 Å².